The Kier molecular flexibility index (Phi) is 5.58. The monoisotopic (exact) mass is 359 g/mol. The lowest BCUT2D eigenvalue weighted by atomic mass is 9.93. The van der Waals surface area contributed by atoms with Gasteiger partial charge in [-0.05, 0) is 27.2 Å². The Hall–Kier alpha value is -1.87. The molecule has 0 aromatic heterocycles. The molecule has 1 heterocycles. The lowest BCUT2D eigenvalue weighted by Gasteiger charge is -2.28. The first-order valence-corrected chi connectivity index (χ1v) is 8.19. The van der Waals surface area contributed by atoms with E-state index in [2.05, 4.69) is 5.32 Å². The Morgan fingerprint density at radius 1 is 1.28 bits per heavy atom. The number of rotatable bonds is 5. The highest BCUT2D eigenvalue weighted by molar-refractivity contribution is 5.73. The van der Waals surface area contributed by atoms with Gasteiger partial charge in [-0.15, -0.1) is 0 Å². The molecule has 0 aromatic carbocycles. The predicted octanol–water partition coefficient (Wildman–Crippen LogP) is 0.497. The molecule has 0 bridgehead atoms. The van der Waals surface area contributed by atoms with Gasteiger partial charge in [-0.3, -0.25) is 9.59 Å². The fourth-order valence-corrected chi connectivity index (χ4v) is 3.32. The van der Waals surface area contributed by atoms with E-state index >= 15 is 0 Å². The van der Waals surface area contributed by atoms with Crippen LogP contribution in [0.3, 0.4) is 0 Å². The van der Waals surface area contributed by atoms with Gasteiger partial charge in [0.25, 0.3) is 0 Å². The number of carboxylic acids is 1. The van der Waals surface area contributed by atoms with Gasteiger partial charge in [0, 0.05) is 24.8 Å². The Labute approximate surface area is 145 Å². The average molecular weight is 359 g/mol. The van der Waals surface area contributed by atoms with E-state index in [1.807, 2.05) is 0 Å². The third kappa shape index (κ3) is 5.05. The number of hydrogen-bond donors (Lipinski definition) is 3. The number of aliphatic hydroxyl groups is 1. The molecule has 9 nitrogen and oxygen atoms in total. The molecule has 0 spiro atoms. The number of amides is 1. The quantitative estimate of drug-likeness (QED) is 0.477. The molecule has 1 aliphatic carbocycles. The van der Waals surface area contributed by atoms with E-state index in [0.717, 1.165) is 0 Å². The SMILES string of the molecule is CC(=O)OC[C@@H]1[C@H](NC(=O)OC(C)(C)C)[C@@H](C2OC2O)C[C@H]1C(=O)O. The summed E-state index contributed by atoms with van der Waals surface area (Å²) in [6, 6.07) is -0.655. The minimum Gasteiger partial charge on any atom is -0.481 e. The topological polar surface area (TPSA) is 135 Å². The van der Waals surface area contributed by atoms with E-state index in [1.165, 1.54) is 6.92 Å². The molecular formula is C16H25NO8. The molecule has 1 aliphatic heterocycles. The van der Waals surface area contributed by atoms with Crippen LogP contribution in [0.4, 0.5) is 4.79 Å². The number of epoxide rings is 1. The molecule has 0 aromatic rings. The van der Waals surface area contributed by atoms with Crippen molar-refractivity contribution >= 4 is 18.0 Å². The fraction of sp³-hybridized carbons (Fsp3) is 0.812. The first kappa shape index (κ1) is 19.5. The van der Waals surface area contributed by atoms with Crippen LogP contribution >= 0.6 is 0 Å². The lowest BCUT2D eigenvalue weighted by molar-refractivity contribution is -0.149. The maximum Gasteiger partial charge on any atom is 0.407 e. The molecule has 142 valence electrons. The molecule has 9 heteroatoms. The number of aliphatic hydroxyl groups excluding tert-OH is 1. The number of esters is 1. The van der Waals surface area contributed by atoms with Crippen LogP contribution in [-0.2, 0) is 23.8 Å². The molecule has 1 saturated heterocycles. The van der Waals surface area contributed by atoms with Crippen molar-refractivity contribution in [3.8, 4) is 0 Å². The zero-order chi connectivity index (χ0) is 18.9. The largest absolute Gasteiger partial charge is 0.481 e. The van der Waals surface area contributed by atoms with Gasteiger partial charge < -0.3 is 29.7 Å². The number of carbonyl (C=O) groups is 3. The molecule has 2 aliphatic rings. The molecule has 2 rings (SSSR count). The maximum absolute atomic E-state index is 12.2. The summed E-state index contributed by atoms with van der Waals surface area (Å²) in [4.78, 5) is 34.9. The lowest BCUT2D eigenvalue weighted by Crippen LogP contribution is -2.47. The van der Waals surface area contributed by atoms with Crippen LogP contribution in [0.2, 0.25) is 0 Å². The number of nitrogens with one attached hydrogen (secondary N) is 1. The molecule has 2 unspecified atom stereocenters. The second-order valence-corrected chi connectivity index (χ2v) is 7.47. The van der Waals surface area contributed by atoms with Crippen LogP contribution in [0.25, 0.3) is 0 Å². The summed E-state index contributed by atoms with van der Waals surface area (Å²) in [5.41, 5.74) is -0.717. The molecule has 1 saturated carbocycles. The van der Waals surface area contributed by atoms with Crippen molar-refractivity contribution in [3.05, 3.63) is 0 Å². The third-order valence-corrected chi connectivity index (χ3v) is 4.37. The summed E-state index contributed by atoms with van der Waals surface area (Å²) < 4.78 is 15.3. The van der Waals surface area contributed by atoms with Crippen LogP contribution < -0.4 is 5.32 Å². The zero-order valence-corrected chi connectivity index (χ0v) is 14.7. The van der Waals surface area contributed by atoms with Crippen molar-refractivity contribution < 1.29 is 38.8 Å². The zero-order valence-electron chi connectivity index (χ0n) is 14.7. The smallest absolute Gasteiger partial charge is 0.407 e. The van der Waals surface area contributed by atoms with Crippen molar-refractivity contribution in [1.29, 1.82) is 0 Å². The molecule has 6 atom stereocenters. The Bertz CT molecular complexity index is 543. The number of aliphatic carboxylic acids is 1. The minimum absolute atomic E-state index is 0.147. The van der Waals surface area contributed by atoms with Crippen LogP contribution in [0.15, 0.2) is 0 Å². The summed E-state index contributed by atoms with van der Waals surface area (Å²) in [5, 5.41) is 21.7. The average Bonchev–Trinajstić information content (AvgIpc) is 3.04. The summed E-state index contributed by atoms with van der Waals surface area (Å²) >= 11 is 0. The van der Waals surface area contributed by atoms with Crippen molar-refractivity contribution in [1.82, 2.24) is 5.32 Å². The molecule has 2 fully saturated rings. The van der Waals surface area contributed by atoms with Gasteiger partial charge in [-0.25, -0.2) is 4.79 Å². The summed E-state index contributed by atoms with van der Waals surface area (Å²) in [6.07, 6.45) is -2.03. The van der Waals surface area contributed by atoms with Crippen molar-refractivity contribution in [2.24, 2.45) is 17.8 Å². The second-order valence-electron chi connectivity index (χ2n) is 7.47. The first-order valence-electron chi connectivity index (χ1n) is 8.19. The van der Waals surface area contributed by atoms with Crippen molar-refractivity contribution in [3.63, 3.8) is 0 Å². The highest BCUT2D eigenvalue weighted by atomic mass is 16.7. The molecule has 0 radical (unpaired) electrons. The normalized spacial score (nSPS) is 34.3. The molecule has 1 amide bonds. The van der Waals surface area contributed by atoms with Gasteiger partial charge in [-0.1, -0.05) is 0 Å². The summed E-state index contributed by atoms with van der Waals surface area (Å²) in [7, 11) is 0. The van der Waals surface area contributed by atoms with Crippen molar-refractivity contribution in [2.75, 3.05) is 6.61 Å². The minimum atomic E-state index is -1.05. The van der Waals surface area contributed by atoms with Gasteiger partial charge in [0.15, 0.2) is 6.29 Å². The van der Waals surface area contributed by atoms with E-state index in [0.29, 0.717) is 0 Å². The second kappa shape index (κ2) is 7.17. The van der Waals surface area contributed by atoms with E-state index in [9.17, 15) is 24.6 Å². The van der Waals surface area contributed by atoms with Gasteiger partial charge in [-0.2, -0.15) is 0 Å². The Morgan fingerprint density at radius 2 is 1.88 bits per heavy atom. The van der Waals surface area contributed by atoms with Crippen LogP contribution in [0.1, 0.15) is 34.1 Å². The van der Waals surface area contributed by atoms with E-state index in [-0.39, 0.29) is 13.0 Å². The first-order chi connectivity index (χ1) is 11.5. The number of ether oxygens (including phenoxy) is 3. The maximum atomic E-state index is 12.2. The van der Waals surface area contributed by atoms with E-state index < -0.39 is 59.8 Å². The van der Waals surface area contributed by atoms with Gasteiger partial charge >= 0.3 is 18.0 Å². The number of carboxylic acid groups (broad SMARTS) is 1. The number of carbonyl (C=O) groups excluding carboxylic acids is 2. The predicted molar refractivity (Wildman–Crippen MR) is 83.4 cm³/mol. The molecule has 3 N–H and O–H groups in total. The Balaban J connectivity index is 2.18. The van der Waals surface area contributed by atoms with E-state index in [4.69, 9.17) is 14.2 Å². The van der Waals surface area contributed by atoms with Crippen LogP contribution in [0.5, 0.6) is 0 Å². The third-order valence-electron chi connectivity index (χ3n) is 4.37. The van der Waals surface area contributed by atoms with Gasteiger partial charge in [0.1, 0.15) is 11.7 Å². The van der Waals surface area contributed by atoms with Crippen LogP contribution in [-0.4, -0.2) is 58.9 Å². The molecular weight excluding hydrogens is 334 g/mol. The Morgan fingerprint density at radius 3 is 2.32 bits per heavy atom. The summed E-state index contributed by atoms with van der Waals surface area (Å²) in [6.45, 7) is 6.22. The van der Waals surface area contributed by atoms with Gasteiger partial charge in [0.2, 0.25) is 0 Å². The molecule has 25 heavy (non-hydrogen) atoms. The van der Waals surface area contributed by atoms with Crippen LogP contribution in [0, 0.1) is 17.8 Å². The standard InChI is InChI=1S/C16H25NO8/c1-7(18)23-6-10-8(13(19)20)5-9(12-14(21)24-12)11(10)17-15(22)25-16(2,3)4/h8-12,14,21H,5-6H2,1-4H3,(H,17,22)(H,19,20)/t8-,9+,10+,11-,12?,14?/m1/s1. The highest BCUT2D eigenvalue weighted by Gasteiger charge is 2.57. The number of alkyl carbamates (subject to hydrolysis) is 1. The van der Waals surface area contributed by atoms with Gasteiger partial charge in [0.05, 0.1) is 12.5 Å². The van der Waals surface area contributed by atoms with Crippen molar-refractivity contribution in [2.45, 2.75) is 58.2 Å². The number of hydrogen-bond acceptors (Lipinski definition) is 7. The fourth-order valence-electron chi connectivity index (χ4n) is 3.32. The highest BCUT2D eigenvalue weighted by Crippen LogP contribution is 2.45. The summed E-state index contributed by atoms with van der Waals surface area (Å²) in [5.74, 6) is -3.47. The van der Waals surface area contributed by atoms with E-state index in [1.54, 1.807) is 20.8 Å².